The Bertz CT molecular complexity index is 917. The zero-order valence-electron chi connectivity index (χ0n) is 19.6. The van der Waals surface area contributed by atoms with Crippen molar-refractivity contribution < 1.29 is 33.4 Å². The third-order valence-corrected chi connectivity index (χ3v) is 4.74. The third-order valence-electron chi connectivity index (χ3n) is 4.74. The summed E-state index contributed by atoms with van der Waals surface area (Å²) in [4.78, 5) is 48.2. The maximum Gasteiger partial charge on any atom is 0.408 e. The summed E-state index contributed by atoms with van der Waals surface area (Å²) in [5.41, 5.74) is 1.59. The molecule has 10 heteroatoms. The van der Waals surface area contributed by atoms with Gasteiger partial charge in [0.25, 0.3) is 0 Å². The highest BCUT2D eigenvalue weighted by Crippen LogP contribution is 2.25. The van der Waals surface area contributed by atoms with Crippen LogP contribution in [0.25, 0.3) is 0 Å². The highest BCUT2D eigenvalue weighted by molar-refractivity contribution is 5.94. The van der Waals surface area contributed by atoms with Crippen LogP contribution in [0.1, 0.15) is 45.6 Å². The maximum absolute atomic E-state index is 12.3. The first-order valence-electron chi connectivity index (χ1n) is 10.6. The normalized spacial score (nSPS) is 14.2. The summed E-state index contributed by atoms with van der Waals surface area (Å²) in [6, 6.07) is 5.37. The average molecular weight is 462 g/mol. The minimum atomic E-state index is -0.932. The van der Waals surface area contributed by atoms with E-state index in [1.807, 2.05) is 0 Å². The van der Waals surface area contributed by atoms with Crippen molar-refractivity contribution in [3.8, 4) is 0 Å². The Hall–Kier alpha value is -3.56. The number of hydrogen-bond donors (Lipinski definition) is 3. The number of amides is 3. The predicted molar refractivity (Wildman–Crippen MR) is 120 cm³/mol. The second-order valence-electron chi connectivity index (χ2n) is 8.50. The Balaban J connectivity index is 1.98. The first kappa shape index (κ1) is 25.7. The van der Waals surface area contributed by atoms with Gasteiger partial charge in [-0.2, -0.15) is 0 Å². The van der Waals surface area contributed by atoms with Gasteiger partial charge in [0.1, 0.15) is 11.6 Å². The van der Waals surface area contributed by atoms with E-state index in [0.717, 1.165) is 12.0 Å². The fraction of sp³-hybridized carbons (Fsp3) is 0.478. The molecular formula is C23H31N3O7. The van der Waals surface area contributed by atoms with Gasteiger partial charge in [0.15, 0.2) is 0 Å². The molecule has 33 heavy (non-hydrogen) atoms. The fourth-order valence-corrected chi connectivity index (χ4v) is 3.27. The molecule has 3 amide bonds. The molecule has 0 aliphatic heterocycles. The molecule has 0 fully saturated rings. The smallest absolute Gasteiger partial charge is 0.408 e. The van der Waals surface area contributed by atoms with Gasteiger partial charge in [0.2, 0.25) is 0 Å². The number of carbonyl (C=O) groups excluding carboxylic acids is 4. The van der Waals surface area contributed by atoms with Crippen LogP contribution >= 0.6 is 0 Å². The number of ether oxygens (including phenoxy) is 3. The number of alkyl carbamates (subject to hydrolysis) is 1. The van der Waals surface area contributed by atoms with Crippen molar-refractivity contribution in [1.82, 2.24) is 10.6 Å². The Kier molecular flexibility index (Phi) is 8.84. The minimum Gasteiger partial charge on any atom is -0.467 e. The van der Waals surface area contributed by atoms with Crippen LogP contribution in [-0.4, -0.2) is 49.9 Å². The number of hydrogen-bond acceptors (Lipinski definition) is 7. The van der Waals surface area contributed by atoms with E-state index in [0.29, 0.717) is 29.8 Å². The molecule has 0 bridgehead atoms. The zero-order chi connectivity index (χ0) is 24.6. The minimum absolute atomic E-state index is 0.174. The molecule has 0 unspecified atom stereocenters. The molecule has 3 N–H and O–H groups in total. The van der Waals surface area contributed by atoms with Crippen molar-refractivity contribution in [2.24, 2.45) is 0 Å². The summed E-state index contributed by atoms with van der Waals surface area (Å²) in [6.45, 7) is 5.17. The second kappa shape index (κ2) is 11.3. The lowest BCUT2D eigenvalue weighted by Crippen LogP contribution is -2.45. The molecule has 1 aliphatic carbocycles. The number of carbonyl (C=O) groups is 4. The van der Waals surface area contributed by atoms with E-state index in [-0.39, 0.29) is 6.42 Å². The Morgan fingerprint density at radius 3 is 2.21 bits per heavy atom. The van der Waals surface area contributed by atoms with E-state index < -0.39 is 35.7 Å². The molecule has 10 nitrogen and oxygen atoms in total. The average Bonchev–Trinajstić information content (AvgIpc) is 3.20. The van der Waals surface area contributed by atoms with Crippen LogP contribution < -0.4 is 16.0 Å². The fourth-order valence-electron chi connectivity index (χ4n) is 3.27. The van der Waals surface area contributed by atoms with Crippen molar-refractivity contribution in [2.75, 3.05) is 19.5 Å². The summed E-state index contributed by atoms with van der Waals surface area (Å²) in [7, 11) is 2.55. The summed E-state index contributed by atoms with van der Waals surface area (Å²) in [5, 5.41) is 7.93. The molecule has 1 aromatic rings. The van der Waals surface area contributed by atoms with Crippen LogP contribution in [0.15, 0.2) is 35.5 Å². The summed E-state index contributed by atoms with van der Waals surface area (Å²) < 4.78 is 14.7. The van der Waals surface area contributed by atoms with Crippen molar-refractivity contribution in [1.29, 1.82) is 0 Å². The lowest BCUT2D eigenvalue weighted by molar-refractivity contribution is -0.143. The van der Waals surface area contributed by atoms with Gasteiger partial charge in [-0.25, -0.2) is 19.2 Å². The quantitative estimate of drug-likeness (QED) is 0.420. The van der Waals surface area contributed by atoms with Crippen LogP contribution in [-0.2, 0) is 30.2 Å². The number of anilines is 1. The molecule has 0 heterocycles. The monoisotopic (exact) mass is 461 g/mol. The molecule has 0 aromatic heterocycles. The highest BCUT2D eigenvalue weighted by atomic mass is 16.6. The number of nitrogens with one attached hydrogen (secondary N) is 3. The third kappa shape index (κ3) is 8.13. The topological polar surface area (TPSA) is 132 Å². The molecule has 1 atom stereocenters. The van der Waals surface area contributed by atoms with E-state index in [9.17, 15) is 19.2 Å². The Labute approximate surface area is 193 Å². The predicted octanol–water partition coefficient (Wildman–Crippen LogP) is 3.03. The number of allylic oxidation sites excluding steroid dienone is 1. The first-order chi connectivity index (χ1) is 15.5. The SMILES string of the molecule is COC(=O)C1=C(NC(=O)Nc2ccc(C[C@H](NC(=O)OC(C)(C)C)C(=O)OC)cc2)CCC1. The number of benzene rings is 1. The molecule has 1 aromatic carbocycles. The maximum atomic E-state index is 12.3. The van der Waals surface area contributed by atoms with Gasteiger partial charge in [-0.1, -0.05) is 12.1 Å². The number of rotatable bonds is 7. The van der Waals surface area contributed by atoms with Gasteiger partial charge < -0.3 is 30.2 Å². The zero-order valence-corrected chi connectivity index (χ0v) is 19.6. The molecule has 0 saturated heterocycles. The molecular weight excluding hydrogens is 430 g/mol. The van der Waals surface area contributed by atoms with E-state index >= 15 is 0 Å². The lowest BCUT2D eigenvalue weighted by atomic mass is 10.1. The van der Waals surface area contributed by atoms with Gasteiger partial charge in [-0.3, -0.25) is 0 Å². The molecule has 0 saturated carbocycles. The van der Waals surface area contributed by atoms with Crippen molar-refractivity contribution >= 4 is 29.8 Å². The van der Waals surface area contributed by atoms with Crippen LogP contribution in [0.2, 0.25) is 0 Å². The summed E-state index contributed by atoms with van der Waals surface area (Å²) >= 11 is 0. The largest absolute Gasteiger partial charge is 0.467 e. The molecule has 1 aliphatic rings. The van der Waals surface area contributed by atoms with Gasteiger partial charge in [-0.05, 0) is 57.7 Å². The van der Waals surface area contributed by atoms with E-state index in [1.165, 1.54) is 14.2 Å². The standard InChI is InChI=1S/C23H31N3O7/c1-23(2,3)33-22(30)26-18(20(28)32-5)13-14-9-11-15(12-10-14)24-21(29)25-17-8-6-7-16(17)19(27)31-4/h9-12,18H,6-8,13H2,1-5H3,(H,26,30)(H2,24,25,29)/t18-/m0/s1. The number of esters is 2. The van der Waals surface area contributed by atoms with E-state index in [2.05, 4.69) is 16.0 Å². The number of urea groups is 1. The van der Waals surface area contributed by atoms with Crippen LogP contribution in [0.5, 0.6) is 0 Å². The molecule has 2 rings (SSSR count). The van der Waals surface area contributed by atoms with Crippen LogP contribution in [0, 0.1) is 0 Å². The van der Waals surface area contributed by atoms with Gasteiger partial charge >= 0.3 is 24.1 Å². The van der Waals surface area contributed by atoms with Crippen LogP contribution in [0.3, 0.4) is 0 Å². The summed E-state index contributed by atoms with van der Waals surface area (Å²) in [5.74, 6) is -1.04. The molecule has 0 radical (unpaired) electrons. The van der Waals surface area contributed by atoms with Crippen molar-refractivity contribution in [3.63, 3.8) is 0 Å². The van der Waals surface area contributed by atoms with Gasteiger partial charge in [-0.15, -0.1) is 0 Å². The highest BCUT2D eigenvalue weighted by Gasteiger charge is 2.26. The van der Waals surface area contributed by atoms with Crippen molar-refractivity contribution in [2.45, 2.75) is 58.1 Å². The second-order valence-corrected chi connectivity index (χ2v) is 8.50. The molecule has 180 valence electrons. The summed E-state index contributed by atoms with van der Waals surface area (Å²) in [6.07, 6.45) is 1.38. The van der Waals surface area contributed by atoms with Gasteiger partial charge in [0, 0.05) is 17.8 Å². The van der Waals surface area contributed by atoms with Crippen LogP contribution in [0.4, 0.5) is 15.3 Å². The van der Waals surface area contributed by atoms with Gasteiger partial charge in [0.05, 0.1) is 19.8 Å². The van der Waals surface area contributed by atoms with Crippen molar-refractivity contribution in [3.05, 3.63) is 41.1 Å². The molecule has 0 spiro atoms. The number of methoxy groups -OCH3 is 2. The Morgan fingerprint density at radius 1 is 0.970 bits per heavy atom. The van der Waals surface area contributed by atoms with E-state index in [1.54, 1.807) is 45.0 Å². The van der Waals surface area contributed by atoms with E-state index in [4.69, 9.17) is 14.2 Å². The lowest BCUT2D eigenvalue weighted by Gasteiger charge is -2.22. The first-order valence-corrected chi connectivity index (χ1v) is 10.6. The Morgan fingerprint density at radius 2 is 1.64 bits per heavy atom.